The van der Waals surface area contributed by atoms with Crippen LogP contribution in [0.25, 0.3) is 43.9 Å². The first kappa shape index (κ1) is 50.2. The van der Waals surface area contributed by atoms with Crippen LogP contribution in [0.2, 0.25) is 0 Å². The molecule has 2 aromatic carbocycles. The highest BCUT2D eigenvalue weighted by molar-refractivity contribution is 5.96. The van der Waals surface area contributed by atoms with Crippen molar-refractivity contribution in [2.45, 2.75) is 127 Å². The van der Waals surface area contributed by atoms with Crippen LogP contribution >= 0.6 is 0 Å². The zero-order chi connectivity index (χ0) is 50.5. The maximum absolute atomic E-state index is 13.9. The molecule has 2 atom stereocenters. The Bertz CT molecular complexity index is 2960. The van der Waals surface area contributed by atoms with Crippen molar-refractivity contribution in [1.82, 2.24) is 50.5 Å². The van der Waals surface area contributed by atoms with Crippen LogP contribution in [0.15, 0.2) is 85.5 Å². The molecule has 0 bridgehead atoms. The summed E-state index contributed by atoms with van der Waals surface area (Å²) >= 11 is 0. The molecule has 4 aliphatic rings. The van der Waals surface area contributed by atoms with E-state index in [1.165, 1.54) is 37.4 Å². The first-order valence-corrected chi connectivity index (χ1v) is 25.7. The van der Waals surface area contributed by atoms with Crippen molar-refractivity contribution in [2.75, 3.05) is 14.1 Å². The van der Waals surface area contributed by atoms with Gasteiger partial charge < -0.3 is 32.1 Å². The number of halogens is 2. The Balaban J connectivity index is 0.000000166. The summed E-state index contributed by atoms with van der Waals surface area (Å²) in [5.41, 5.74) is 17.3. The molecule has 0 aliphatic heterocycles. The van der Waals surface area contributed by atoms with E-state index in [4.69, 9.17) is 9.97 Å². The number of nitrogens with two attached hydrogens (primary N) is 2. The predicted octanol–water partition coefficient (Wildman–Crippen LogP) is 10.4. The fourth-order valence-corrected chi connectivity index (χ4v) is 10.8. The van der Waals surface area contributed by atoms with E-state index in [-0.39, 0.29) is 35.3 Å². The SMILES string of the molecule is CN.CN.C[C@@H](c1nc2cc(C(=O)NC3CC3)ncc2[nH]1)C1CCC(c2ccnc3ccc(F)cc23)CC1.C[C@H](c1nc2cc(C(=O)NC3CC3)ncc2[nH]1)C1CCC(c2ccnc3ccc(F)cc23)CC1. The first-order chi connectivity index (χ1) is 35.1. The van der Waals surface area contributed by atoms with Gasteiger partial charge in [0, 0.05) is 47.1 Å². The Kier molecular flexibility index (Phi) is 15.6. The van der Waals surface area contributed by atoms with E-state index < -0.39 is 0 Å². The van der Waals surface area contributed by atoms with Crippen LogP contribution in [-0.2, 0) is 0 Å². The van der Waals surface area contributed by atoms with Gasteiger partial charge in [0.2, 0.25) is 0 Å². The maximum Gasteiger partial charge on any atom is 0.270 e. The van der Waals surface area contributed by atoms with Crippen LogP contribution in [0.3, 0.4) is 0 Å². The quantitative estimate of drug-likeness (QED) is 0.0761. The number of nitrogens with one attached hydrogen (secondary N) is 4. The standard InChI is InChI=1S/2C27H28FN5O.2CH5N/c2*1-15(26-32-23-13-24(30-14-25(23)33-26)27(34)31-19-7-8-19)16-2-4-17(5-3-16)20-10-11-29-22-9-6-18(28)12-21(20)22;2*1-2/h2*6,9-17,19H,2-5,7-8H2,1H3,(H,31,34)(H,32,33);2*2H2,1H3/t2*15-,16?,17?;;/m10../s1. The van der Waals surface area contributed by atoms with Crippen molar-refractivity contribution in [3.8, 4) is 0 Å². The summed E-state index contributed by atoms with van der Waals surface area (Å²) in [6, 6.07) is 18.0. The van der Waals surface area contributed by atoms with Gasteiger partial charge in [-0.2, -0.15) is 0 Å². The number of hydrogen-bond donors (Lipinski definition) is 6. The van der Waals surface area contributed by atoms with Crippen molar-refractivity contribution in [2.24, 2.45) is 23.3 Å². The van der Waals surface area contributed by atoms with Crippen molar-refractivity contribution in [1.29, 1.82) is 0 Å². The second-order valence-corrected chi connectivity index (χ2v) is 19.8. The van der Waals surface area contributed by atoms with Crippen LogP contribution in [0.5, 0.6) is 0 Å². The molecule has 0 radical (unpaired) electrons. The highest BCUT2D eigenvalue weighted by Crippen LogP contribution is 2.44. The molecule has 8 N–H and O–H groups in total. The molecular formula is C56H66F2N12O2. The smallest absolute Gasteiger partial charge is 0.270 e. The van der Waals surface area contributed by atoms with Crippen LogP contribution in [0.4, 0.5) is 8.78 Å². The van der Waals surface area contributed by atoms with E-state index in [1.54, 1.807) is 48.8 Å². The highest BCUT2D eigenvalue weighted by atomic mass is 19.1. The van der Waals surface area contributed by atoms with Gasteiger partial charge >= 0.3 is 0 Å². The fourth-order valence-electron chi connectivity index (χ4n) is 10.8. The van der Waals surface area contributed by atoms with Gasteiger partial charge in [0.25, 0.3) is 11.8 Å². The van der Waals surface area contributed by atoms with Crippen molar-refractivity contribution < 1.29 is 18.4 Å². The average Bonchev–Trinajstić information content (AvgIpc) is 4.34. The zero-order valence-corrected chi connectivity index (χ0v) is 41.6. The van der Waals surface area contributed by atoms with Crippen LogP contribution in [0, 0.1) is 23.5 Å². The summed E-state index contributed by atoms with van der Waals surface area (Å²) in [5.74, 6) is 3.69. The van der Waals surface area contributed by atoms with Gasteiger partial charge in [0.05, 0.1) is 45.5 Å². The Labute approximate surface area is 418 Å². The molecule has 0 unspecified atom stereocenters. The molecule has 14 nitrogen and oxygen atoms in total. The molecule has 4 fully saturated rings. The molecule has 2 amide bonds. The lowest BCUT2D eigenvalue weighted by molar-refractivity contribution is 0.0938. The molecule has 4 aliphatic carbocycles. The van der Waals surface area contributed by atoms with E-state index >= 15 is 0 Å². The van der Waals surface area contributed by atoms with Gasteiger partial charge in [0.15, 0.2) is 0 Å². The molecule has 376 valence electrons. The molecular weight excluding hydrogens is 911 g/mol. The minimum Gasteiger partial charge on any atom is -0.348 e. The minimum atomic E-state index is -0.211. The Morgan fingerprint density at radius 3 is 1.29 bits per heavy atom. The Morgan fingerprint density at radius 1 is 0.528 bits per heavy atom. The second kappa shape index (κ2) is 22.3. The van der Waals surface area contributed by atoms with Gasteiger partial charge in [-0.05, 0) is 187 Å². The number of pyridine rings is 4. The van der Waals surface area contributed by atoms with Gasteiger partial charge in [0.1, 0.15) is 34.7 Å². The summed E-state index contributed by atoms with van der Waals surface area (Å²) < 4.78 is 27.8. The number of imidazole rings is 2. The van der Waals surface area contributed by atoms with E-state index in [0.717, 1.165) is 133 Å². The topological polar surface area (TPSA) is 219 Å². The van der Waals surface area contributed by atoms with E-state index in [1.807, 2.05) is 12.4 Å². The molecule has 6 aromatic heterocycles. The number of nitrogens with zero attached hydrogens (tertiary/aromatic N) is 6. The molecule has 6 heterocycles. The largest absolute Gasteiger partial charge is 0.348 e. The number of carbonyl (C=O) groups excluding carboxylic acids is 2. The third-order valence-corrected chi connectivity index (χ3v) is 15.2. The van der Waals surface area contributed by atoms with Gasteiger partial charge in [-0.15, -0.1) is 0 Å². The van der Waals surface area contributed by atoms with Crippen LogP contribution < -0.4 is 22.1 Å². The fraction of sp³-hybridized carbons (Fsp3) is 0.429. The van der Waals surface area contributed by atoms with E-state index in [9.17, 15) is 18.4 Å². The Hall–Kier alpha value is -6.78. The number of carbonyl (C=O) groups is 2. The van der Waals surface area contributed by atoms with Gasteiger partial charge in [-0.25, -0.2) is 28.7 Å². The summed E-state index contributed by atoms with van der Waals surface area (Å²) in [7, 11) is 3.00. The summed E-state index contributed by atoms with van der Waals surface area (Å²) in [5, 5.41) is 7.84. The lowest BCUT2D eigenvalue weighted by atomic mass is 9.73. The number of amides is 2. The third kappa shape index (κ3) is 11.3. The van der Waals surface area contributed by atoms with Crippen LogP contribution in [0.1, 0.15) is 158 Å². The zero-order valence-electron chi connectivity index (χ0n) is 41.6. The van der Waals surface area contributed by atoms with E-state index in [0.29, 0.717) is 47.1 Å². The lowest BCUT2D eigenvalue weighted by Gasteiger charge is -2.32. The number of aromatic nitrogens is 8. The number of aromatic amines is 2. The normalized spacial score (nSPS) is 20.6. The molecule has 8 aromatic rings. The highest BCUT2D eigenvalue weighted by Gasteiger charge is 2.32. The number of rotatable bonds is 10. The molecule has 0 saturated heterocycles. The van der Waals surface area contributed by atoms with Gasteiger partial charge in [-0.3, -0.25) is 19.6 Å². The minimum absolute atomic E-state index is 0.121. The molecule has 72 heavy (non-hydrogen) atoms. The second-order valence-electron chi connectivity index (χ2n) is 19.8. The lowest BCUT2D eigenvalue weighted by Crippen LogP contribution is -2.26. The molecule has 0 spiro atoms. The predicted molar refractivity (Wildman–Crippen MR) is 279 cm³/mol. The average molecular weight is 977 g/mol. The monoisotopic (exact) mass is 977 g/mol. The van der Waals surface area contributed by atoms with E-state index in [2.05, 4.69) is 78.0 Å². The van der Waals surface area contributed by atoms with Crippen molar-refractivity contribution >= 4 is 55.7 Å². The molecule has 12 rings (SSSR count). The number of hydrogen-bond acceptors (Lipinski definition) is 10. The summed E-state index contributed by atoms with van der Waals surface area (Å²) in [6.45, 7) is 4.46. The van der Waals surface area contributed by atoms with Crippen LogP contribution in [-0.4, -0.2) is 77.9 Å². The van der Waals surface area contributed by atoms with Crippen molar-refractivity contribution in [3.63, 3.8) is 0 Å². The first-order valence-electron chi connectivity index (χ1n) is 25.7. The molecule has 4 saturated carbocycles. The van der Waals surface area contributed by atoms with Crippen molar-refractivity contribution in [3.05, 3.63) is 131 Å². The number of benzene rings is 2. The number of fused-ring (bicyclic) bond motifs is 4. The third-order valence-electron chi connectivity index (χ3n) is 15.2. The summed E-state index contributed by atoms with van der Waals surface area (Å²) in [6.07, 6.45) is 19.9. The Morgan fingerprint density at radius 2 is 0.917 bits per heavy atom. The maximum atomic E-state index is 13.9. The van der Waals surface area contributed by atoms with Gasteiger partial charge in [-0.1, -0.05) is 13.8 Å². The number of H-pyrrole nitrogens is 2. The summed E-state index contributed by atoms with van der Waals surface area (Å²) in [4.78, 5) is 58.7. The molecule has 16 heteroatoms.